The van der Waals surface area contributed by atoms with Crippen LogP contribution in [0.4, 0.5) is 11.4 Å². The maximum Gasteiger partial charge on any atom is 0.488 e. The Kier molecular flexibility index (Phi) is 7.30. The van der Waals surface area contributed by atoms with Gasteiger partial charge in [-0.3, -0.25) is 0 Å². The molecule has 0 amide bonds. The van der Waals surface area contributed by atoms with Gasteiger partial charge in [0.2, 0.25) is 0 Å². The van der Waals surface area contributed by atoms with Gasteiger partial charge in [0, 0.05) is 23.3 Å². The van der Waals surface area contributed by atoms with Gasteiger partial charge in [-0.2, -0.15) is 0 Å². The molecule has 1 aliphatic rings. The molecule has 2 aromatic rings. The van der Waals surface area contributed by atoms with Crippen molar-refractivity contribution in [2.45, 2.75) is 59.4 Å². The molecular formula is C22H32BNO2. The molecule has 0 bridgehead atoms. The van der Waals surface area contributed by atoms with Crippen molar-refractivity contribution in [3.63, 3.8) is 0 Å². The maximum atomic E-state index is 9.34. The third-order valence-corrected chi connectivity index (χ3v) is 5.50. The van der Waals surface area contributed by atoms with Crippen LogP contribution in [0, 0.1) is 5.92 Å². The first-order valence-electron chi connectivity index (χ1n) is 9.92. The van der Waals surface area contributed by atoms with Crippen LogP contribution in [0.25, 0.3) is 0 Å². The molecule has 140 valence electrons. The summed E-state index contributed by atoms with van der Waals surface area (Å²) in [7, 11) is -1.42. The standard InChI is InChI=1S/C20H26BNO2.C2H6/c1-4-15(5-2)20-14(3)18-8-6-7-9-19(18)22(20)17-12-10-16(11-13-17)21(23)24;1-2/h6-15,20,23-24H,4-5H2,1-3H3;1-2H3. The van der Waals surface area contributed by atoms with Crippen molar-refractivity contribution in [2.24, 2.45) is 5.92 Å². The Labute approximate surface area is 158 Å². The molecule has 3 rings (SSSR count). The molecule has 0 spiro atoms. The van der Waals surface area contributed by atoms with Gasteiger partial charge in [0.05, 0.1) is 0 Å². The van der Waals surface area contributed by atoms with E-state index in [1.165, 1.54) is 11.3 Å². The summed E-state index contributed by atoms with van der Waals surface area (Å²) in [6.07, 6.45) is 2.31. The first-order valence-corrected chi connectivity index (χ1v) is 9.92. The molecule has 2 atom stereocenters. The molecule has 0 radical (unpaired) electrons. The molecule has 2 unspecified atom stereocenters. The summed E-state index contributed by atoms with van der Waals surface area (Å²) in [6.45, 7) is 10.9. The van der Waals surface area contributed by atoms with Crippen LogP contribution < -0.4 is 10.4 Å². The lowest BCUT2D eigenvalue weighted by molar-refractivity contribution is 0.369. The topological polar surface area (TPSA) is 43.7 Å². The van der Waals surface area contributed by atoms with E-state index >= 15 is 0 Å². The summed E-state index contributed by atoms with van der Waals surface area (Å²) in [4.78, 5) is 2.45. The van der Waals surface area contributed by atoms with E-state index < -0.39 is 7.12 Å². The minimum absolute atomic E-state index is 0.433. The molecule has 2 aromatic carbocycles. The first-order chi connectivity index (χ1) is 12.6. The Balaban J connectivity index is 0.00000117. The normalized spacial score (nSPS) is 18.4. The summed E-state index contributed by atoms with van der Waals surface area (Å²) in [6, 6.07) is 16.7. The fraction of sp³-hybridized carbons (Fsp3) is 0.455. The molecule has 3 nitrogen and oxygen atoms in total. The van der Waals surface area contributed by atoms with Gasteiger partial charge in [0.1, 0.15) is 0 Å². The Bertz CT molecular complexity index is 683. The first kappa shape index (κ1) is 20.5. The van der Waals surface area contributed by atoms with Crippen molar-refractivity contribution in [1.82, 2.24) is 0 Å². The second kappa shape index (κ2) is 9.25. The molecule has 0 saturated heterocycles. The minimum atomic E-state index is -1.42. The molecule has 26 heavy (non-hydrogen) atoms. The minimum Gasteiger partial charge on any atom is -0.423 e. The number of hydrogen-bond acceptors (Lipinski definition) is 3. The fourth-order valence-corrected chi connectivity index (χ4v) is 4.17. The van der Waals surface area contributed by atoms with E-state index in [2.05, 4.69) is 49.9 Å². The highest BCUT2D eigenvalue weighted by Gasteiger charge is 2.39. The summed E-state index contributed by atoms with van der Waals surface area (Å²) < 4.78 is 0. The number of rotatable bonds is 5. The molecule has 0 aromatic heterocycles. The van der Waals surface area contributed by atoms with E-state index in [0.29, 0.717) is 23.3 Å². The summed E-state index contributed by atoms with van der Waals surface area (Å²) in [5.41, 5.74) is 4.33. The van der Waals surface area contributed by atoms with Gasteiger partial charge in [0.25, 0.3) is 0 Å². The Hall–Kier alpha value is -1.78. The molecule has 1 heterocycles. The van der Waals surface area contributed by atoms with E-state index in [9.17, 15) is 10.0 Å². The lowest BCUT2D eigenvalue weighted by Crippen LogP contribution is -2.36. The van der Waals surface area contributed by atoms with Gasteiger partial charge in [-0.15, -0.1) is 0 Å². The summed E-state index contributed by atoms with van der Waals surface area (Å²) in [5.74, 6) is 1.10. The van der Waals surface area contributed by atoms with Gasteiger partial charge < -0.3 is 14.9 Å². The van der Waals surface area contributed by atoms with Crippen LogP contribution in [0.5, 0.6) is 0 Å². The van der Waals surface area contributed by atoms with Crippen LogP contribution in [-0.2, 0) is 0 Å². The highest BCUT2D eigenvalue weighted by Crippen LogP contribution is 2.48. The molecule has 4 heteroatoms. The number of para-hydroxylation sites is 1. The predicted octanol–water partition coefficient (Wildman–Crippen LogP) is 4.45. The predicted molar refractivity (Wildman–Crippen MR) is 112 cm³/mol. The van der Waals surface area contributed by atoms with E-state index in [-0.39, 0.29) is 0 Å². The van der Waals surface area contributed by atoms with Gasteiger partial charge >= 0.3 is 7.12 Å². The van der Waals surface area contributed by atoms with E-state index in [1.54, 1.807) is 12.1 Å². The fourth-order valence-electron chi connectivity index (χ4n) is 4.17. The third kappa shape index (κ3) is 3.82. The molecule has 1 aliphatic heterocycles. The number of hydrogen-bond donors (Lipinski definition) is 2. The molecule has 0 fully saturated rings. The van der Waals surface area contributed by atoms with Gasteiger partial charge in [-0.1, -0.05) is 77.8 Å². The van der Waals surface area contributed by atoms with E-state index in [1.807, 2.05) is 26.0 Å². The van der Waals surface area contributed by atoms with E-state index in [4.69, 9.17) is 0 Å². The van der Waals surface area contributed by atoms with Gasteiger partial charge in [-0.25, -0.2) is 0 Å². The van der Waals surface area contributed by atoms with Crippen LogP contribution in [0.15, 0.2) is 48.5 Å². The zero-order valence-electron chi connectivity index (χ0n) is 16.7. The quantitative estimate of drug-likeness (QED) is 0.781. The molecule has 0 saturated carbocycles. The Morgan fingerprint density at radius 1 is 0.962 bits per heavy atom. The number of nitrogens with zero attached hydrogens (tertiary/aromatic N) is 1. The van der Waals surface area contributed by atoms with Crippen molar-refractivity contribution in [3.05, 3.63) is 54.1 Å². The monoisotopic (exact) mass is 353 g/mol. The van der Waals surface area contributed by atoms with E-state index in [0.717, 1.165) is 18.5 Å². The largest absolute Gasteiger partial charge is 0.488 e. The van der Waals surface area contributed by atoms with Crippen molar-refractivity contribution in [2.75, 3.05) is 4.90 Å². The van der Waals surface area contributed by atoms with Crippen molar-refractivity contribution in [1.29, 1.82) is 0 Å². The number of fused-ring (bicyclic) bond motifs is 1. The molecule has 2 N–H and O–H groups in total. The lowest BCUT2D eigenvalue weighted by atomic mass is 9.80. The van der Waals surface area contributed by atoms with Crippen molar-refractivity contribution >= 4 is 24.0 Å². The van der Waals surface area contributed by atoms with Gasteiger partial charge in [0.15, 0.2) is 0 Å². The number of anilines is 2. The summed E-state index contributed by atoms with van der Waals surface area (Å²) >= 11 is 0. The van der Waals surface area contributed by atoms with Crippen LogP contribution in [-0.4, -0.2) is 23.2 Å². The average Bonchev–Trinajstić information content (AvgIpc) is 2.98. The van der Waals surface area contributed by atoms with Crippen molar-refractivity contribution < 1.29 is 10.0 Å². The highest BCUT2D eigenvalue weighted by molar-refractivity contribution is 6.58. The second-order valence-corrected chi connectivity index (χ2v) is 6.75. The average molecular weight is 353 g/mol. The van der Waals surface area contributed by atoms with Crippen LogP contribution in [0.1, 0.15) is 58.9 Å². The maximum absolute atomic E-state index is 9.34. The smallest absolute Gasteiger partial charge is 0.423 e. The second-order valence-electron chi connectivity index (χ2n) is 6.75. The number of benzene rings is 2. The Morgan fingerprint density at radius 2 is 1.54 bits per heavy atom. The zero-order chi connectivity index (χ0) is 19.3. The molecular weight excluding hydrogens is 321 g/mol. The SMILES string of the molecule is CC.CCC(CC)C1C(C)c2ccccc2N1c1ccc(B(O)O)cc1. The highest BCUT2D eigenvalue weighted by atomic mass is 16.4. The summed E-state index contributed by atoms with van der Waals surface area (Å²) in [5, 5.41) is 18.7. The zero-order valence-corrected chi connectivity index (χ0v) is 16.7. The lowest BCUT2D eigenvalue weighted by Gasteiger charge is -2.35. The van der Waals surface area contributed by atoms with Gasteiger partial charge in [-0.05, 0) is 35.1 Å². The van der Waals surface area contributed by atoms with Crippen LogP contribution in [0.2, 0.25) is 0 Å². The third-order valence-electron chi connectivity index (χ3n) is 5.50. The van der Waals surface area contributed by atoms with Crippen molar-refractivity contribution in [3.8, 4) is 0 Å². The molecule has 0 aliphatic carbocycles. The van der Waals surface area contributed by atoms with Crippen LogP contribution >= 0.6 is 0 Å². The Morgan fingerprint density at radius 3 is 2.08 bits per heavy atom. The van der Waals surface area contributed by atoms with Crippen LogP contribution in [0.3, 0.4) is 0 Å².